The van der Waals surface area contributed by atoms with E-state index in [0.29, 0.717) is 6.42 Å². The van der Waals surface area contributed by atoms with E-state index in [1.54, 1.807) is 13.8 Å². The molecule has 3 N–H and O–H groups in total. The highest BCUT2D eigenvalue weighted by Crippen LogP contribution is 2.05. The second kappa shape index (κ2) is 7.57. The van der Waals surface area contributed by atoms with Crippen molar-refractivity contribution in [2.24, 2.45) is 5.18 Å². The van der Waals surface area contributed by atoms with E-state index >= 15 is 0 Å². The van der Waals surface area contributed by atoms with Crippen LogP contribution in [0.1, 0.15) is 33.6 Å². The molecule has 0 aliphatic rings. The Kier molecular flexibility index (Phi) is 6.84. The predicted octanol–water partition coefficient (Wildman–Crippen LogP) is -0.549. The third kappa shape index (κ3) is 8.83. The maximum absolute atomic E-state index is 11.7. The molecule has 0 saturated carbocycles. The van der Waals surface area contributed by atoms with Gasteiger partial charge in [-0.15, -0.1) is 4.91 Å². The van der Waals surface area contributed by atoms with Gasteiger partial charge in [0.1, 0.15) is 6.04 Å². The number of nitrogens with one attached hydrogen (secondary N) is 2. The lowest BCUT2D eigenvalue weighted by Crippen LogP contribution is -2.47. The van der Waals surface area contributed by atoms with E-state index < -0.39 is 35.8 Å². The Hall–Kier alpha value is -1.83. The molecule has 0 spiro atoms. The van der Waals surface area contributed by atoms with Crippen LogP contribution >= 0.6 is 0 Å². The molecule has 19 heavy (non-hydrogen) atoms. The molecule has 0 fully saturated rings. The Labute approximate surface area is 110 Å². The molecule has 1 unspecified atom stereocenters. The molecule has 0 rings (SSSR count). The van der Waals surface area contributed by atoms with Crippen molar-refractivity contribution in [1.82, 2.24) is 10.6 Å². The van der Waals surface area contributed by atoms with Crippen LogP contribution in [0.3, 0.4) is 0 Å². The third-order valence-electron chi connectivity index (χ3n) is 2.21. The van der Waals surface area contributed by atoms with Crippen LogP contribution in [0.2, 0.25) is 0 Å². The second-order valence-corrected chi connectivity index (χ2v) is 4.80. The summed E-state index contributed by atoms with van der Waals surface area (Å²) in [6.45, 7) is 4.55. The number of rotatable bonds is 7. The molecule has 0 heterocycles. The largest absolute Gasteiger partial charge is 0.390 e. The summed E-state index contributed by atoms with van der Waals surface area (Å²) in [7, 11) is 0. The molecule has 0 aromatic carbocycles. The van der Waals surface area contributed by atoms with Crippen LogP contribution in [0.5, 0.6) is 0 Å². The van der Waals surface area contributed by atoms with Crippen LogP contribution in [0.4, 0.5) is 0 Å². The molecule has 0 bridgehead atoms. The van der Waals surface area contributed by atoms with Crippen LogP contribution in [-0.2, 0) is 14.4 Å². The molecule has 0 aliphatic heterocycles. The first-order chi connectivity index (χ1) is 8.65. The van der Waals surface area contributed by atoms with Crippen molar-refractivity contribution in [3.05, 3.63) is 4.91 Å². The normalized spacial score (nSPS) is 12.4. The van der Waals surface area contributed by atoms with Crippen molar-refractivity contribution >= 4 is 17.7 Å². The molecule has 0 aromatic heterocycles. The van der Waals surface area contributed by atoms with Gasteiger partial charge in [-0.05, 0) is 20.3 Å². The smallest absolute Gasteiger partial charge is 0.288 e. The number of hydrogen-bond donors (Lipinski definition) is 3. The quantitative estimate of drug-likeness (QED) is 0.537. The molecule has 8 heteroatoms. The molecule has 0 radical (unpaired) electrons. The summed E-state index contributed by atoms with van der Waals surface area (Å²) < 4.78 is 0. The maximum Gasteiger partial charge on any atom is 0.288 e. The van der Waals surface area contributed by atoms with E-state index in [-0.39, 0.29) is 6.54 Å². The summed E-state index contributed by atoms with van der Waals surface area (Å²) in [5.41, 5.74) is -0.934. The first kappa shape index (κ1) is 17.2. The SMILES string of the molecule is CC(=O)NC(CC(=O)N=O)C(=O)NCCC(C)(C)O. The highest BCUT2D eigenvalue weighted by Gasteiger charge is 2.23. The Balaban J connectivity index is 4.41. The number of amides is 3. The molecule has 0 aliphatic carbocycles. The van der Waals surface area contributed by atoms with Crippen LogP contribution in [0.15, 0.2) is 5.18 Å². The fraction of sp³-hybridized carbons (Fsp3) is 0.727. The molecular formula is C11H19N3O5. The van der Waals surface area contributed by atoms with Crippen LogP contribution in [0, 0.1) is 4.91 Å². The minimum atomic E-state index is -1.13. The van der Waals surface area contributed by atoms with E-state index in [0.717, 1.165) is 0 Å². The molecule has 108 valence electrons. The van der Waals surface area contributed by atoms with Gasteiger partial charge < -0.3 is 15.7 Å². The first-order valence-electron chi connectivity index (χ1n) is 5.79. The number of nitrogens with zero attached hydrogens (tertiary/aromatic N) is 1. The van der Waals surface area contributed by atoms with Crippen molar-refractivity contribution < 1.29 is 19.5 Å². The standard InChI is InChI=1S/C11H19N3O5/c1-7(15)13-8(6-9(16)14-19)10(17)12-5-4-11(2,3)18/h8,18H,4-6H2,1-3H3,(H,12,17)(H,13,15). The van der Waals surface area contributed by atoms with Crippen molar-refractivity contribution in [3.8, 4) is 0 Å². The second-order valence-electron chi connectivity index (χ2n) is 4.80. The summed E-state index contributed by atoms with van der Waals surface area (Å²) >= 11 is 0. The Morgan fingerprint density at radius 3 is 2.32 bits per heavy atom. The lowest BCUT2D eigenvalue weighted by atomic mass is 10.1. The van der Waals surface area contributed by atoms with Gasteiger partial charge in [0.15, 0.2) is 0 Å². The van der Waals surface area contributed by atoms with E-state index in [4.69, 9.17) is 0 Å². The van der Waals surface area contributed by atoms with E-state index in [1.165, 1.54) is 6.92 Å². The van der Waals surface area contributed by atoms with E-state index in [2.05, 4.69) is 15.8 Å². The van der Waals surface area contributed by atoms with Crippen LogP contribution < -0.4 is 10.6 Å². The zero-order valence-corrected chi connectivity index (χ0v) is 11.2. The number of hydrogen-bond acceptors (Lipinski definition) is 5. The minimum Gasteiger partial charge on any atom is -0.390 e. The zero-order valence-electron chi connectivity index (χ0n) is 11.2. The molecular weight excluding hydrogens is 254 g/mol. The average molecular weight is 273 g/mol. The summed E-state index contributed by atoms with van der Waals surface area (Å²) in [6.07, 6.45) is -0.178. The lowest BCUT2D eigenvalue weighted by Gasteiger charge is -2.19. The number of carbonyl (C=O) groups is 3. The lowest BCUT2D eigenvalue weighted by molar-refractivity contribution is -0.130. The monoisotopic (exact) mass is 273 g/mol. The fourth-order valence-corrected chi connectivity index (χ4v) is 1.28. The minimum absolute atomic E-state index is 0.182. The van der Waals surface area contributed by atoms with Crippen LogP contribution in [-0.4, -0.2) is 41.0 Å². The van der Waals surface area contributed by atoms with E-state index in [1.807, 2.05) is 0 Å². The highest BCUT2D eigenvalue weighted by atomic mass is 16.3. The topological polar surface area (TPSA) is 125 Å². The summed E-state index contributed by atoms with van der Waals surface area (Å²) in [4.78, 5) is 43.5. The molecule has 0 saturated heterocycles. The van der Waals surface area contributed by atoms with Gasteiger partial charge >= 0.3 is 0 Å². The van der Waals surface area contributed by atoms with Crippen molar-refractivity contribution in [3.63, 3.8) is 0 Å². The third-order valence-corrected chi connectivity index (χ3v) is 2.21. The molecule has 1 atom stereocenters. The molecule has 8 nitrogen and oxygen atoms in total. The fourth-order valence-electron chi connectivity index (χ4n) is 1.28. The number of nitroso groups, excluding NO2 is 1. The highest BCUT2D eigenvalue weighted by molar-refractivity contribution is 5.91. The average Bonchev–Trinajstić information content (AvgIpc) is 2.25. The van der Waals surface area contributed by atoms with Crippen molar-refractivity contribution in [2.75, 3.05) is 6.54 Å². The van der Waals surface area contributed by atoms with Crippen LogP contribution in [0.25, 0.3) is 0 Å². The Bertz CT molecular complexity index is 362. The van der Waals surface area contributed by atoms with Gasteiger partial charge in [-0.25, -0.2) is 0 Å². The van der Waals surface area contributed by atoms with Gasteiger partial charge in [-0.3, -0.25) is 14.4 Å². The van der Waals surface area contributed by atoms with Gasteiger partial charge in [-0.2, -0.15) is 0 Å². The number of carbonyl (C=O) groups excluding carboxylic acids is 3. The summed E-state index contributed by atoms with van der Waals surface area (Å²) in [6, 6.07) is -1.13. The Morgan fingerprint density at radius 2 is 1.89 bits per heavy atom. The number of aliphatic hydroxyl groups is 1. The van der Waals surface area contributed by atoms with Gasteiger partial charge in [-0.1, -0.05) is 0 Å². The molecule has 3 amide bonds. The van der Waals surface area contributed by atoms with Gasteiger partial charge in [0, 0.05) is 18.6 Å². The van der Waals surface area contributed by atoms with Gasteiger partial charge in [0.05, 0.1) is 12.0 Å². The van der Waals surface area contributed by atoms with Crippen molar-refractivity contribution in [1.29, 1.82) is 0 Å². The van der Waals surface area contributed by atoms with Gasteiger partial charge in [0.2, 0.25) is 11.8 Å². The molecule has 0 aromatic rings. The van der Waals surface area contributed by atoms with E-state index in [9.17, 15) is 24.4 Å². The predicted molar refractivity (Wildman–Crippen MR) is 66.9 cm³/mol. The van der Waals surface area contributed by atoms with Gasteiger partial charge in [0.25, 0.3) is 5.91 Å². The summed E-state index contributed by atoms with van der Waals surface area (Å²) in [5, 5.41) is 16.4. The Morgan fingerprint density at radius 1 is 1.32 bits per heavy atom. The maximum atomic E-state index is 11.7. The first-order valence-corrected chi connectivity index (χ1v) is 5.79. The van der Waals surface area contributed by atoms with Crippen molar-refractivity contribution in [2.45, 2.75) is 45.3 Å². The zero-order chi connectivity index (χ0) is 15.1. The summed E-state index contributed by atoms with van der Waals surface area (Å²) in [5.74, 6) is -2.12.